The van der Waals surface area contributed by atoms with Crippen molar-refractivity contribution in [3.05, 3.63) is 59.9 Å². The highest BCUT2D eigenvalue weighted by molar-refractivity contribution is 5.65. The van der Waals surface area contributed by atoms with Gasteiger partial charge in [-0.15, -0.1) is 0 Å². The molecular weight excluding hydrogens is 244 g/mol. The van der Waals surface area contributed by atoms with E-state index in [1.165, 1.54) is 4.90 Å². The monoisotopic (exact) mass is 258 g/mol. The van der Waals surface area contributed by atoms with Crippen LogP contribution in [0.25, 0.3) is 0 Å². The largest absolute Gasteiger partial charge is 0.508 e. The zero-order valence-electron chi connectivity index (χ0n) is 10.2. The minimum atomic E-state index is -1.02. The number of phenols is 1. The maximum absolute atomic E-state index is 11.2. The van der Waals surface area contributed by atoms with Crippen LogP contribution in [0.1, 0.15) is 11.3 Å². The zero-order chi connectivity index (χ0) is 13.7. The van der Waals surface area contributed by atoms with Crippen molar-refractivity contribution in [1.82, 2.24) is 9.88 Å². The van der Waals surface area contributed by atoms with Gasteiger partial charge < -0.3 is 10.2 Å². The molecule has 0 unspecified atom stereocenters. The van der Waals surface area contributed by atoms with Crippen molar-refractivity contribution in [3.63, 3.8) is 0 Å². The van der Waals surface area contributed by atoms with Crippen molar-refractivity contribution in [2.45, 2.75) is 13.1 Å². The van der Waals surface area contributed by atoms with Crippen molar-refractivity contribution >= 4 is 6.09 Å². The molecule has 1 aromatic heterocycles. The molecule has 1 heterocycles. The molecule has 0 bridgehead atoms. The molecule has 19 heavy (non-hydrogen) atoms. The molecule has 0 saturated heterocycles. The Labute approximate surface area is 110 Å². The smallest absolute Gasteiger partial charge is 0.407 e. The van der Waals surface area contributed by atoms with E-state index in [-0.39, 0.29) is 18.8 Å². The molecular formula is C14H14N2O3. The Bertz CT molecular complexity index is 558. The lowest BCUT2D eigenvalue weighted by molar-refractivity contribution is 0.138. The van der Waals surface area contributed by atoms with Crippen LogP contribution < -0.4 is 0 Å². The zero-order valence-corrected chi connectivity index (χ0v) is 10.2. The summed E-state index contributed by atoms with van der Waals surface area (Å²) in [5, 5.41) is 18.6. The molecule has 0 aliphatic rings. The van der Waals surface area contributed by atoms with E-state index in [2.05, 4.69) is 4.98 Å². The van der Waals surface area contributed by atoms with Crippen LogP contribution in [0.3, 0.4) is 0 Å². The molecule has 2 N–H and O–H groups in total. The number of hydrogen-bond acceptors (Lipinski definition) is 3. The van der Waals surface area contributed by atoms with Crippen LogP contribution in [0.15, 0.2) is 48.7 Å². The Balaban J connectivity index is 2.11. The van der Waals surface area contributed by atoms with Crippen molar-refractivity contribution in [1.29, 1.82) is 0 Å². The second-order valence-electron chi connectivity index (χ2n) is 4.13. The number of aromatic hydroxyl groups is 1. The molecule has 2 rings (SSSR count). The average Bonchev–Trinajstić information content (AvgIpc) is 2.39. The van der Waals surface area contributed by atoms with Gasteiger partial charge in [0.2, 0.25) is 0 Å². The van der Waals surface area contributed by atoms with Crippen molar-refractivity contribution in [2.75, 3.05) is 0 Å². The molecule has 0 aliphatic heterocycles. The second-order valence-corrected chi connectivity index (χ2v) is 4.13. The molecule has 0 radical (unpaired) electrons. The Hall–Kier alpha value is -2.56. The fourth-order valence-electron chi connectivity index (χ4n) is 1.75. The molecule has 1 aromatic carbocycles. The summed E-state index contributed by atoms with van der Waals surface area (Å²) in [5.74, 6) is 0.126. The Morgan fingerprint density at radius 3 is 2.63 bits per heavy atom. The summed E-state index contributed by atoms with van der Waals surface area (Å²) in [6.45, 7) is 0.423. The molecule has 0 saturated carbocycles. The Morgan fingerprint density at radius 1 is 1.16 bits per heavy atom. The van der Waals surface area contributed by atoms with Crippen molar-refractivity contribution in [2.24, 2.45) is 0 Å². The molecule has 0 atom stereocenters. The third-order valence-electron chi connectivity index (χ3n) is 2.63. The third-order valence-corrected chi connectivity index (χ3v) is 2.63. The van der Waals surface area contributed by atoms with Crippen LogP contribution in [0.5, 0.6) is 5.75 Å². The van der Waals surface area contributed by atoms with E-state index in [0.29, 0.717) is 5.69 Å². The first-order valence-corrected chi connectivity index (χ1v) is 5.81. The van der Waals surface area contributed by atoms with Gasteiger partial charge in [0.1, 0.15) is 5.75 Å². The van der Waals surface area contributed by atoms with E-state index in [1.54, 1.807) is 42.6 Å². The lowest BCUT2D eigenvalue weighted by Crippen LogP contribution is -2.28. The van der Waals surface area contributed by atoms with Crippen molar-refractivity contribution < 1.29 is 15.0 Å². The van der Waals surface area contributed by atoms with Crippen LogP contribution in [-0.2, 0) is 13.1 Å². The quantitative estimate of drug-likeness (QED) is 0.883. The summed E-state index contributed by atoms with van der Waals surface area (Å²) in [6.07, 6.45) is 0.609. The van der Waals surface area contributed by atoms with Crippen LogP contribution >= 0.6 is 0 Å². The SMILES string of the molecule is O=C(O)N(Cc1cccc(O)c1)Cc1ccccn1. The number of nitrogens with zero attached hydrogens (tertiary/aromatic N) is 2. The summed E-state index contributed by atoms with van der Waals surface area (Å²) < 4.78 is 0. The summed E-state index contributed by atoms with van der Waals surface area (Å²) in [6, 6.07) is 11.9. The number of carbonyl (C=O) groups is 1. The highest BCUT2D eigenvalue weighted by Gasteiger charge is 2.13. The molecule has 1 amide bonds. The minimum absolute atomic E-state index is 0.126. The van der Waals surface area contributed by atoms with Gasteiger partial charge in [0.05, 0.1) is 12.2 Å². The number of phenolic OH excluding ortho intramolecular Hbond substituents is 1. The fraction of sp³-hybridized carbons (Fsp3) is 0.143. The maximum Gasteiger partial charge on any atom is 0.407 e. The van der Waals surface area contributed by atoms with Gasteiger partial charge in [-0.2, -0.15) is 0 Å². The van der Waals surface area contributed by atoms with E-state index in [1.807, 2.05) is 6.07 Å². The number of rotatable bonds is 4. The van der Waals surface area contributed by atoms with Gasteiger partial charge >= 0.3 is 6.09 Å². The number of hydrogen-bond donors (Lipinski definition) is 2. The lowest BCUT2D eigenvalue weighted by Gasteiger charge is -2.18. The van der Waals surface area contributed by atoms with E-state index >= 15 is 0 Å². The highest BCUT2D eigenvalue weighted by Crippen LogP contribution is 2.14. The summed E-state index contributed by atoms with van der Waals surface area (Å²) in [5.41, 5.74) is 1.42. The van der Waals surface area contributed by atoms with Crippen LogP contribution in [0.4, 0.5) is 4.79 Å². The van der Waals surface area contributed by atoms with Crippen LogP contribution in [0, 0.1) is 0 Å². The molecule has 0 spiro atoms. The molecule has 0 aliphatic carbocycles. The van der Waals surface area contributed by atoms with E-state index in [0.717, 1.165) is 5.56 Å². The number of carboxylic acid groups (broad SMARTS) is 1. The Morgan fingerprint density at radius 2 is 2.00 bits per heavy atom. The topological polar surface area (TPSA) is 73.7 Å². The molecule has 2 aromatic rings. The van der Waals surface area contributed by atoms with Gasteiger partial charge in [-0.1, -0.05) is 18.2 Å². The number of amides is 1. The van der Waals surface area contributed by atoms with Gasteiger partial charge in [-0.25, -0.2) is 4.79 Å². The summed E-state index contributed by atoms with van der Waals surface area (Å²) >= 11 is 0. The number of aromatic nitrogens is 1. The normalized spacial score (nSPS) is 10.1. The standard InChI is InChI=1S/C14H14N2O3/c17-13-6-3-4-11(8-13)9-16(14(18)19)10-12-5-1-2-7-15-12/h1-8,17H,9-10H2,(H,18,19). The van der Waals surface area contributed by atoms with Crippen LogP contribution in [-0.4, -0.2) is 26.2 Å². The van der Waals surface area contributed by atoms with E-state index in [9.17, 15) is 15.0 Å². The molecule has 98 valence electrons. The first-order valence-electron chi connectivity index (χ1n) is 5.81. The van der Waals surface area contributed by atoms with Gasteiger partial charge in [-0.3, -0.25) is 9.88 Å². The van der Waals surface area contributed by atoms with Gasteiger partial charge in [-0.05, 0) is 29.8 Å². The minimum Gasteiger partial charge on any atom is -0.508 e. The summed E-state index contributed by atoms with van der Waals surface area (Å²) in [4.78, 5) is 16.6. The first-order chi connectivity index (χ1) is 9.15. The first kappa shape index (κ1) is 12.9. The molecule has 0 fully saturated rings. The number of benzene rings is 1. The van der Waals surface area contributed by atoms with Gasteiger partial charge in [0, 0.05) is 12.7 Å². The van der Waals surface area contributed by atoms with Gasteiger partial charge in [0.15, 0.2) is 0 Å². The Kier molecular flexibility index (Phi) is 3.97. The maximum atomic E-state index is 11.2. The number of pyridine rings is 1. The fourth-order valence-corrected chi connectivity index (χ4v) is 1.75. The third kappa shape index (κ3) is 3.70. The molecule has 5 heteroatoms. The predicted molar refractivity (Wildman–Crippen MR) is 69.6 cm³/mol. The van der Waals surface area contributed by atoms with Crippen molar-refractivity contribution in [3.8, 4) is 5.75 Å². The van der Waals surface area contributed by atoms with E-state index < -0.39 is 6.09 Å². The van der Waals surface area contributed by atoms with Crippen LogP contribution in [0.2, 0.25) is 0 Å². The second kappa shape index (κ2) is 5.86. The predicted octanol–water partition coefficient (Wildman–Crippen LogP) is 2.47. The lowest BCUT2D eigenvalue weighted by atomic mass is 10.2. The highest BCUT2D eigenvalue weighted by atomic mass is 16.4. The average molecular weight is 258 g/mol. The molecule has 5 nitrogen and oxygen atoms in total. The summed E-state index contributed by atoms with van der Waals surface area (Å²) in [7, 11) is 0. The van der Waals surface area contributed by atoms with E-state index in [4.69, 9.17) is 0 Å². The van der Waals surface area contributed by atoms with Gasteiger partial charge in [0.25, 0.3) is 0 Å².